The molecule has 0 unspecified atom stereocenters. The molecule has 1 saturated carbocycles. The highest BCUT2D eigenvalue weighted by Crippen LogP contribution is 2.38. The van der Waals surface area contributed by atoms with Gasteiger partial charge in [0, 0.05) is 25.1 Å². The maximum atomic E-state index is 12.0. The molecule has 1 N–H and O–H groups in total. The number of nitrogens with one attached hydrogen (secondary N) is 1. The van der Waals surface area contributed by atoms with Gasteiger partial charge in [-0.2, -0.15) is 0 Å². The van der Waals surface area contributed by atoms with Gasteiger partial charge >= 0.3 is 0 Å². The van der Waals surface area contributed by atoms with Crippen molar-refractivity contribution in [1.29, 1.82) is 0 Å². The van der Waals surface area contributed by atoms with Crippen LogP contribution in [0.5, 0.6) is 0 Å². The van der Waals surface area contributed by atoms with E-state index in [2.05, 4.69) is 15.3 Å². The third-order valence-electron chi connectivity index (χ3n) is 4.17. The third kappa shape index (κ3) is 3.96. The van der Waals surface area contributed by atoms with E-state index in [9.17, 15) is 9.59 Å². The maximum Gasteiger partial charge on any atom is 0.257 e. The molecule has 134 valence electrons. The first-order valence-corrected chi connectivity index (χ1v) is 9.49. The zero-order valence-corrected chi connectivity index (χ0v) is 14.9. The molecule has 0 bridgehead atoms. The van der Waals surface area contributed by atoms with E-state index in [1.54, 1.807) is 12.4 Å². The van der Waals surface area contributed by atoms with E-state index in [0.717, 1.165) is 24.1 Å². The summed E-state index contributed by atoms with van der Waals surface area (Å²) in [4.78, 5) is 32.6. The van der Waals surface area contributed by atoms with Gasteiger partial charge in [-0.15, -0.1) is 0 Å². The van der Waals surface area contributed by atoms with Crippen molar-refractivity contribution >= 4 is 28.8 Å². The van der Waals surface area contributed by atoms with Crippen molar-refractivity contribution in [2.75, 3.05) is 12.3 Å². The molecule has 2 aromatic heterocycles. The first-order chi connectivity index (χ1) is 12.7. The summed E-state index contributed by atoms with van der Waals surface area (Å²) in [5.41, 5.74) is 2.29. The molecular formula is C18H18N4O3S. The molecule has 26 heavy (non-hydrogen) atoms. The van der Waals surface area contributed by atoms with Crippen LogP contribution in [0.1, 0.15) is 24.5 Å². The van der Waals surface area contributed by atoms with Crippen LogP contribution in [-0.2, 0) is 11.3 Å². The van der Waals surface area contributed by atoms with Gasteiger partial charge < -0.3 is 9.73 Å². The fourth-order valence-corrected chi connectivity index (χ4v) is 3.29. The van der Waals surface area contributed by atoms with Crippen molar-refractivity contribution in [2.24, 2.45) is 0 Å². The number of thioether (sulfide) groups is 1. The number of carbonyl (C=O) groups excluding carboxylic acids is 1. The van der Waals surface area contributed by atoms with E-state index in [1.165, 1.54) is 16.3 Å². The second kappa shape index (κ2) is 7.33. The Morgan fingerprint density at radius 2 is 2.19 bits per heavy atom. The number of hydrogen-bond donors (Lipinski definition) is 1. The second-order valence-electron chi connectivity index (χ2n) is 6.21. The highest BCUT2D eigenvalue weighted by molar-refractivity contribution is 7.99. The molecule has 0 aliphatic heterocycles. The van der Waals surface area contributed by atoms with Crippen molar-refractivity contribution < 1.29 is 9.21 Å². The van der Waals surface area contributed by atoms with E-state index in [-0.39, 0.29) is 17.2 Å². The van der Waals surface area contributed by atoms with Gasteiger partial charge in [-0.05, 0) is 25.0 Å². The smallest absolute Gasteiger partial charge is 0.257 e. The summed E-state index contributed by atoms with van der Waals surface area (Å²) in [5.74, 6) is 0.537. The number of oxazole rings is 1. The standard InChI is InChI=1S/C18H18N4O3S/c23-16(10-26-18-21-13-3-1-2-4-15(13)25-18)19-7-8-22-11-20-14(9-17(22)24)12-5-6-12/h1-4,9,11-12H,5-8,10H2,(H,19,23). The molecule has 0 radical (unpaired) electrons. The Morgan fingerprint density at radius 3 is 2.96 bits per heavy atom. The number of fused-ring (bicyclic) bond motifs is 1. The molecule has 2 heterocycles. The molecule has 1 amide bonds. The van der Waals surface area contributed by atoms with Gasteiger partial charge in [-0.3, -0.25) is 14.2 Å². The lowest BCUT2D eigenvalue weighted by molar-refractivity contribution is -0.118. The van der Waals surface area contributed by atoms with Gasteiger partial charge in [0.15, 0.2) is 5.58 Å². The molecule has 0 spiro atoms. The topological polar surface area (TPSA) is 90.0 Å². The Morgan fingerprint density at radius 1 is 1.35 bits per heavy atom. The highest BCUT2D eigenvalue weighted by atomic mass is 32.2. The summed E-state index contributed by atoms with van der Waals surface area (Å²) < 4.78 is 7.08. The molecule has 7 nitrogen and oxygen atoms in total. The number of benzene rings is 1. The van der Waals surface area contributed by atoms with Gasteiger partial charge in [0.1, 0.15) is 5.52 Å². The first kappa shape index (κ1) is 16.8. The molecular weight excluding hydrogens is 352 g/mol. The van der Waals surface area contributed by atoms with Crippen LogP contribution >= 0.6 is 11.8 Å². The molecule has 0 atom stereocenters. The van der Waals surface area contributed by atoms with Crippen molar-refractivity contribution in [2.45, 2.75) is 30.5 Å². The van der Waals surface area contributed by atoms with Crippen molar-refractivity contribution in [3.63, 3.8) is 0 Å². The number of hydrogen-bond acceptors (Lipinski definition) is 6. The van der Waals surface area contributed by atoms with Crippen molar-refractivity contribution in [3.8, 4) is 0 Å². The molecule has 1 fully saturated rings. The van der Waals surface area contributed by atoms with Crippen LogP contribution in [-0.4, -0.2) is 32.7 Å². The Labute approximate surface area is 153 Å². The summed E-state index contributed by atoms with van der Waals surface area (Å²) in [5, 5.41) is 3.27. The van der Waals surface area contributed by atoms with Gasteiger partial charge in [-0.25, -0.2) is 9.97 Å². The van der Waals surface area contributed by atoms with E-state index in [4.69, 9.17) is 4.42 Å². The summed E-state index contributed by atoms with van der Waals surface area (Å²) in [6.07, 6.45) is 3.80. The lowest BCUT2D eigenvalue weighted by atomic mass is 10.3. The maximum absolute atomic E-state index is 12.0. The summed E-state index contributed by atoms with van der Waals surface area (Å²) >= 11 is 1.25. The quantitative estimate of drug-likeness (QED) is 0.641. The van der Waals surface area contributed by atoms with Crippen LogP contribution in [0.25, 0.3) is 11.1 Å². The average molecular weight is 370 g/mol. The normalized spacial score (nSPS) is 13.8. The summed E-state index contributed by atoms with van der Waals surface area (Å²) in [7, 11) is 0. The van der Waals surface area contributed by atoms with E-state index >= 15 is 0 Å². The molecule has 0 saturated heterocycles. The summed E-state index contributed by atoms with van der Waals surface area (Å²) in [6, 6.07) is 9.07. The minimum Gasteiger partial charge on any atom is -0.431 e. The molecule has 8 heteroatoms. The number of aromatic nitrogens is 3. The average Bonchev–Trinajstić information content (AvgIpc) is 3.40. The Bertz CT molecular complexity index is 960. The third-order valence-corrected chi connectivity index (χ3v) is 5.00. The predicted molar refractivity (Wildman–Crippen MR) is 98.2 cm³/mol. The minimum atomic E-state index is -0.132. The Hall–Kier alpha value is -2.61. The van der Waals surface area contributed by atoms with Crippen LogP contribution in [0.2, 0.25) is 0 Å². The van der Waals surface area contributed by atoms with Crippen molar-refractivity contribution in [1.82, 2.24) is 19.9 Å². The second-order valence-corrected chi connectivity index (χ2v) is 7.13. The van der Waals surface area contributed by atoms with Gasteiger partial charge in [0.05, 0.1) is 17.8 Å². The van der Waals surface area contributed by atoms with Crippen LogP contribution in [0.15, 0.2) is 51.1 Å². The lowest BCUT2D eigenvalue weighted by Gasteiger charge is -2.07. The van der Waals surface area contributed by atoms with Gasteiger partial charge in [0.25, 0.3) is 10.8 Å². The predicted octanol–water partition coefficient (Wildman–Crippen LogP) is 2.17. The van der Waals surface area contributed by atoms with Crippen LogP contribution < -0.4 is 10.9 Å². The minimum absolute atomic E-state index is 0.0722. The monoisotopic (exact) mass is 370 g/mol. The van der Waals surface area contributed by atoms with E-state index < -0.39 is 0 Å². The first-order valence-electron chi connectivity index (χ1n) is 8.50. The van der Waals surface area contributed by atoms with Crippen LogP contribution in [0.3, 0.4) is 0 Å². The molecule has 1 aromatic carbocycles. The van der Waals surface area contributed by atoms with E-state index in [0.29, 0.717) is 29.8 Å². The number of nitrogens with zero attached hydrogens (tertiary/aromatic N) is 3. The van der Waals surface area contributed by atoms with Gasteiger partial charge in [-0.1, -0.05) is 23.9 Å². The Balaban J connectivity index is 1.24. The zero-order valence-electron chi connectivity index (χ0n) is 14.1. The van der Waals surface area contributed by atoms with Crippen LogP contribution in [0.4, 0.5) is 0 Å². The molecule has 3 aromatic rings. The van der Waals surface area contributed by atoms with Crippen molar-refractivity contribution in [3.05, 3.63) is 52.7 Å². The molecule has 4 rings (SSSR count). The lowest BCUT2D eigenvalue weighted by Crippen LogP contribution is -2.31. The zero-order chi connectivity index (χ0) is 17.9. The Kier molecular flexibility index (Phi) is 4.75. The molecule has 1 aliphatic rings. The number of carbonyl (C=O) groups is 1. The van der Waals surface area contributed by atoms with Gasteiger partial charge in [0.2, 0.25) is 5.91 Å². The van der Waals surface area contributed by atoms with E-state index in [1.807, 2.05) is 24.3 Å². The number of rotatable bonds is 7. The number of amides is 1. The van der Waals surface area contributed by atoms with Crippen LogP contribution in [0, 0.1) is 0 Å². The largest absolute Gasteiger partial charge is 0.431 e. The fraction of sp³-hybridized carbons (Fsp3) is 0.333. The SMILES string of the molecule is O=C(CSc1nc2ccccc2o1)NCCn1cnc(C2CC2)cc1=O. The number of para-hydroxylation sites is 2. The highest BCUT2D eigenvalue weighted by Gasteiger charge is 2.25. The summed E-state index contributed by atoms with van der Waals surface area (Å²) in [6.45, 7) is 0.771. The fourth-order valence-electron chi connectivity index (χ4n) is 2.62. The molecule has 1 aliphatic carbocycles.